The van der Waals surface area contributed by atoms with E-state index in [9.17, 15) is 37.9 Å². The minimum atomic E-state index is -4.77. The average Bonchev–Trinajstić information content (AvgIpc) is 3.77. The summed E-state index contributed by atoms with van der Waals surface area (Å²) >= 11 is 0. The summed E-state index contributed by atoms with van der Waals surface area (Å²) in [6.45, 7) is 11.6. The smallest absolute Gasteiger partial charge is 0.312 e. The molecule has 4 fully saturated rings. The van der Waals surface area contributed by atoms with E-state index in [4.69, 9.17) is 9.47 Å². The fraction of sp³-hybridized carbons (Fsp3) is 0.455. The molecule has 0 radical (unpaired) electrons. The van der Waals surface area contributed by atoms with Gasteiger partial charge in [0.1, 0.15) is 22.1 Å². The molecule has 1 amide bonds. The number of hydrogen-bond acceptors (Lipinski definition) is 16. The Kier molecular flexibility index (Phi) is 14.7. The Morgan fingerprint density at radius 3 is 2.50 bits per heavy atom. The summed E-state index contributed by atoms with van der Waals surface area (Å²) in [5.74, 6) is -1.85. The maximum Gasteiger partial charge on any atom is 0.312 e. The lowest BCUT2D eigenvalue weighted by Crippen LogP contribution is -2.60. The Labute approximate surface area is 441 Å². The van der Waals surface area contributed by atoms with Crippen molar-refractivity contribution < 1.29 is 42.2 Å². The lowest BCUT2D eigenvalue weighted by atomic mass is 9.59. The Morgan fingerprint density at radius 1 is 1.00 bits per heavy atom. The van der Waals surface area contributed by atoms with E-state index in [-0.39, 0.29) is 51.3 Å². The predicted molar refractivity (Wildman–Crippen MR) is 284 cm³/mol. The summed E-state index contributed by atoms with van der Waals surface area (Å²) in [6, 6.07) is 20.3. The number of fused-ring (bicyclic) bond motifs is 1. The van der Waals surface area contributed by atoms with Gasteiger partial charge in [0.05, 0.1) is 34.8 Å². The summed E-state index contributed by atoms with van der Waals surface area (Å²) < 4.78 is 56.0. The SMILES string of the molecule is COc1cc(CN2CCN(C3CC4(CCN(c5ccc(C(=O)NS(=O)(=O)c6cnc(NCC7CCC(C)(O)CC7)c([N+](=O)[O-])c6)c(Oc6cc7c(F)c[nH]c7nc6O)c5)CC4)C3)[C@H](c3ccccc3C(C)C)C2)ccn1. The molecule has 0 unspecified atom stereocenters. The molecule has 6 aromatic rings. The van der Waals surface area contributed by atoms with Gasteiger partial charge in [-0.15, -0.1) is 0 Å². The van der Waals surface area contributed by atoms with Crippen molar-refractivity contribution in [2.75, 3.05) is 56.6 Å². The first-order chi connectivity index (χ1) is 36.4. The number of aromatic nitrogens is 4. The molecule has 2 aliphatic heterocycles. The van der Waals surface area contributed by atoms with Crippen LogP contribution in [0, 0.1) is 27.3 Å². The normalized spacial score (nSPS) is 21.4. The standard InChI is InChI=1S/C55H65FN10O9S/c1-34(2)40-7-5-6-8-41(40)46-33-63(32-36-13-18-57-49(23-36)74-4)21-22-65(46)38-27-55(28-38)16-19-64(20-17-55)37-9-10-42(47(24-37)75-48-26-43-44(56)31-60-50(43)61-53(48)68)52(67)62-76(72,73)39-25-45(66(70)71)51(59-30-39)58-29-35-11-14-54(3,69)15-12-35/h5-10,13,18,23-26,30-31,34-35,38,46,69H,11-12,14-17,19-22,27-29,32-33H2,1-4H3,(H,58,59)(H,62,67)(H2,60,61,68)/t35?,46-,54?/m0/s1. The third-order valence-electron chi connectivity index (χ3n) is 16.2. The number of methoxy groups -OCH3 is 1. The molecule has 2 aliphatic carbocycles. The van der Waals surface area contributed by atoms with Crippen molar-refractivity contribution in [1.82, 2.24) is 34.5 Å². The molecule has 2 saturated carbocycles. The Hall–Kier alpha value is -6.94. The molecule has 1 atom stereocenters. The highest BCUT2D eigenvalue weighted by molar-refractivity contribution is 7.90. The van der Waals surface area contributed by atoms with Crippen molar-refractivity contribution in [3.05, 3.63) is 124 Å². The molecule has 402 valence electrons. The maximum absolute atomic E-state index is 14.8. The molecule has 1 spiro atoms. The van der Waals surface area contributed by atoms with E-state index in [1.807, 2.05) is 10.8 Å². The number of piperazine rings is 1. The number of carbonyl (C=O) groups is 1. The van der Waals surface area contributed by atoms with Crippen molar-refractivity contribution in [2.24, 2.45) is 11.3 Å². The van der Waals surface area contributed by atoms with Gasteiger partial charge in [0.25, 0.3) is 21.8 Å². The van der Waals surface area contributed by atoms with Gasteiger partial charge >= 0.3 is 5.69 Å². The molecule has 4 aromatic heterocycles. The van der Waals surface area contributed by atoms with Crippen LogP contribution in [0.25, 0.3) is 11.0 Å². The number of nitro groups is 1. The summed E-state index contributed by atoms with van der Waals surface area (Å²) in [5, 5.41) is 36.4. The zero-order chi connectivity index (χ0) is 53.5. The lowest BCUT2D eigenvalue weighted by molar-refractivity contribution is -0.384. The number of halogens is 1. The highest BCUT2D eigenvalue weighted by Gasteiger charge is 2.50. The largest absolute Gasteiger partial charge is 0.491 e. The molecule has 0 bridgehead atoms. The highest BCUT2D eigenvalue weighted by Crippen LogP contribution is 2.53. The van der Waals surface area contributed by atoms with Crippen molar-refractivity contribution in [3.63, 3.8) is 0 Å². The molecule has 10 rings (SSSR count). The summed E-state index contributed by atoms with van der Waals surface area (Å²) in [4.78, 5) is 47.5. The number of nitrogens with one attached hydrogen (secondary N) is 3. The molecular formula is C55H65FN10O9S. The number of carbonyl (C=O) groups excluding carboxylic acids is 1. The highest BCUT2D eigenvalue weighted by atomic mass is 32.2. The molecule has 6 heterocycles. The van der Waals surface area contributed by atoms with Crippen LogP contribution in [0.3, 0.4) is 0 Å². The number of benzene rings is 2. The van der Waals surface area contributed by atoms with Gasteiger partial charge in [0, 0.05) is 100 Å². The van der Waals surface area contributed by atoms with Crippen molar-refractivity contribution in [1.29, 1.82) is 0 Å². The zero-order valence-corrected chi connectivity index (χ0v) is 44.0. The molecule has 19 nitrogen and oxygen atoms in total. The Bertz CT molecular complexity index is 3240. The number of H-pyrrole nitrogens is 1. The number of aromatic amines is 1. The van der Waals surface area contributed by atoms with Crippen LogP contribution in [0.1, 0.15) is 111 Å². The topological polar surface area (TPSA) is 242 Å². The minimum absolute atomic E-state index is 0.0138. The number of sulfonamides is 1. The van der Waals surface area contributed by atoms with E-state index in [0.29, 0.717) is 68.8 Å². The summed E-state index contributed by atoms with van der Waals surface area (Å²) in [5.41, 5.74) is 3.19. The molecule has 21 heteroatoms. The lowest BCUT2D eigenvalue weighted by Gasteiger charge is -2.58. The van der Waals surface area contributed by atoms with E-state index in [2.05, 4.69) is 84.1 Å². The molecule has 76 heavy (non-hydrogen) atoms. The van der Waals surface area contributed by atoms with Crippen molar-refractivity contribution >= 4 is 44.2 Å². The van der Waals surface area contributed by atoms with Crippen LogP contribution in [0.2, 0.25) is 0 Å². The van der Waals surface area contributed by atoms with E-state index >= 15 is 0 Å². The van der Waals surface area contributed by atoms with Gasteiger partial charge in [-0.3, -0.25) is 24.7 Å². The van der Waals surface area contributed by atoms with Crippen molar-refractivity contribution in [2.45, 2.75) is 107 Å². The average molecular weight is 1060 g/mol. The predicted octanol–water partition coefficient (Wildman–Crippen LogP) is 8.81. The van der Waals surface area contributed by atoms with Gasteiger partial charge in [-0.05, 0) is 110 Å². The van der Waals surface area contributed by atoms with Crippen LogP contribution in [-0.2, 0) is 16.6 Å². The molecule has 5 N–H and O–H groups in total. The Morgan fingerprint density at radius 2 is 1.76 bits per heavy atom. The fourth-order valence-electron chi connectivity index (χ4n) is 11.8. The molecule has 2 saturated heterocycles. The Balaban J connectivity index is 0.849. The first-order valence-corrected chi connectivity index (χ1v) is 27.5. The van der Waals surface area contributed by atoms with Crippen molar-refractivity contribution in [3.8, 4) is 23.3 Å². The van der Waals surface area contributed by atoms with E-state index < -0.39 is 48.7 Å². The number of anilines is 2. The third kappa shape index (κ3) is 11.1. The number of pyridine rings is 3. The van der Waals surface area contributed by atoms with Gasteiger partial charge in [-0.25, -0.2) is 27.5 Å². The number of hydrogen-bond donors (Lipinski definition) is 5. The monoisotopic (exact) mass is 1060 g/mol. The van der Waals surface area contributed by atoms with Gasteiger partial charge in [-0.2, -0.15) is 4.98 Å². The fourth-order valence-corrected chi connectivity index (χ4v) is 12.7. The van der Waals surface area contributed by atoms with Gasteiger partial charge in [-0.1, -0.05) is 38.1 Å². The summed E-state index contributed by atoms with van der Waals surface area (Å²) in [6.07, 6.45) is 10.4. The van der Waals surface area contributed by atoms with E-state index in [0.717, 1.165) is 70.3 Å². The molecule has 2 aromatic carbocycles. The van der Waals surface area contributed by atoms with Crippen LogP contribution >= 0.6 is 0 Å². The zero-order valence-electron chi connectivity index (χ0n) is 43.2. The van der Waals surface area contributed by atoms with Gasteiger partial charge < -0.3 is 34.9 Å². The van der Waals surface area contributed by atoms with E-state index in [1.54, 1.807) is 32.4 Å². The molecular weight excluding hydrogens is 996 g/mol. The molecule has 4 aliphatic rings. The number of rotatable bonds is 16. The van der Waals surface area contributed by atoms with Crippen LogP contribution in [0.4, 0.5) is 21.6 Å². The van der Waals surface area contributed by atoms with Gasteiger partial charge in [0.2, 0.25) is 11.7 Å². The maximum atomic E-state index is 14.8. The minimum Gasteiger partial charge on any atom is -0.491 e. The third-order valence-corrected chi connectivity index (χ3v) is 17.5. The first kappa shape index (κ1) is 52.5. The number of piperidine rings is 1. The first-order valence-electron chi connectivity index (χ1n) is 26.0. The second kappa shape index (κ2) is 21.2. The number of amides is 1. The van der Waals surface area contributed by atoms with Crippen LogP contribution < -0.4 is 24.4 Å². The quantitative estimate of drug-likeness (QED) is 0.0449. The van der Waals surface area contributed by atoms with Crippen LogP contribution in [0.15, 0.2) is 90.2 Å². The van der Waals surface area contributed by atoms with E-state index in [1.165, 1.54) is 28.8 Å². The summed E-state index contributed by atoms with van der Waals surface area (Å²) in [7, 11) is -3.13. The van der Waals surface area contributed by atoms with Gasteiger partial charge in [0.15, 0.2) is 5.75 Å². The second-order valence-electron chi connectivity index (χ2n) is 21.7. The number of aliphatic hydroxyl groups is 1. The van der Waals surface area contributed by atoms with Crippen LogP contribution in [0.5, 0.6) is 23.3 Å². The second-order valence-corrected chi connectivity index (χ2v) is 23.4. The number of nitrogens with zero attached hydrogens (tertiary/aromatic N) is 7. The van der Waals surface area contributed by atoms with Crippen LogP contribution in [-0.4, -0.2) is 117 Å². The number of aromatic hydroxyl groups is 1. The number of ether oxygens (including phenoxy) is 2.